The molecule has 2 rings (SSSR count). The van der Waals surface area contributed by atoms with Crippen LogP contribution >= 0.6 is 12.2 Å². The van der Waals surface area contributed by atoms with Gasteiger partial charge in [-0.05, 0) is 68.0 Å². The zero-order chi connectivity index (χ0) is 16.7. The molecule has 0 aliphatic carbocycles. The first-order valence-corrected chi connectivity index (χ1v) is 7.97. The zero-order valence-electron chi connectivity index (χ0n) is 13.6. The van der Waals surface area contributed by atoms with Gasteiger partial charge in [-0.15, -0.1) is 0 Å². The van der Waals surface area contributed by atoms with E-state index in [1.807, 2.05) is 55.5 Å². The van der Waals surface area contributed by atoms with Crippen molar-refractivity contribution in [3.63, 3.8) is 0 Å². The fourth-order valence-corrected chi connectivity index (χ4v) is 2.44. The number of anilines is 1. The van der Waals surface area contributed by atoms with Crippen LogP contribution in [0.2, 0.25) is 0 Å². The summed E-state index contributed by atoms with van der Waals surface area (Å²) in [4.78, 5) is 0. The summed E-state index contributed by atoms with van der Waals surface area (Å²) in [6, 6.07) is 15.7. The fraction of sp³-hybridized carbons (Fsp3) is 0.278. The molecule has 0 aliphatic heterocycles. The molecule has 0 spiro atoms. The van der Waals surface area contributed by atoms with Gasteiger partial charge in [-0.1, -0.05) is 12.1 Å². The van der Waals surface area contributed by atoms with Crippen LogP contribution in [0.3, 0.4) is 0 Å². The predicted octanol–water partition coefficient (Wildman–Crippen LogP) is 4.14. The topological polar surface area (TPSA) is 42.5 Å². The predicted molar refractivity (Wildman–Crippen MR) is 98.4 cm³/mol. The van der Waals surface area contributed by atoms with Crippen LogP contribution in [0.1, 0.15) is 25.5 Å². The van der Waals surface area contributed by atoms with Crippen LogP contribution in [-0.2, 0) is 0 Å². The van der Waals surface area contributed by atoms with E-state index < -0.39 is 0 Å². The van der Waals surface area contributed by atoms with Crippen molar-refractivity contribution in [1.29, 1.82) is 0 Å². The Balaban J connectivity index is 1.90. The van der Waals surface area contributed by atoms with Crippen molar-refractivity contribution in [2.24, 2.45) is 0 Å². The maximum absolute atomic E-state index is 5.42. The summed E-state index contributed by atoms with van der Waals surface area (Å²) < 4.78 is 10.6. The third-order valence-electron chi connectivity index (χ3n) is 3.39. The molecular weight excluding hydrogens is 308 g/mol. The van der Waals surface area contributed by atoms with E-state index >= 15 is 0 Å². The maximum Gasteiger partial charge on any atom is 0.171 e. The zero-order valence-corrected chi connectivity index (χ0v) is 14.4. The molecule has 2 aromatic carbocycles. The summed E-state index contributed by atoms with van der Waals surface area (Å²) in [5, 5.41) is 7.03. The Hall–Kier alpha value is -2.27. The largest absolute Gasteiger partial charge is 0.497 e. The van der Waals surface area contributed by atoms with Gasteiger partial charge in [0.1, 0.15) is 11.5 Å². The summed E-state index contributed by atoms with van der Waals surface area (Å²) in [5.74, 6) is 1.69. The number of rotatable bonds is 6. The van der Waals surface area contributed by atoms with E-state index in [1.54, 1.807) is 7.11 Å². The van der Waals surface area contributed by atoms with E-state index in [-0.39, 0.29) is 6.04 Å². The molecule has 1 atom stereocenters. The van der Waals surface area contributed by atoms with Crippen molar-refractivity contribution in [3.05, 3.63) is 54.1 Å². The van der Waals surface area contributed by atoms with Gasteiger partial charge < -0.3 is 20.1 Å². The van der Waals surface area contributed by atoms with Crippen molar-refractivity contribution in [1.82, 2.24) is 5.32 Å². The second-order valence-corrected chi connectivity index (χ2v) is 5.46. The van der Waals surface area contributed by atoms with Gasteiger partial charge in [0.25, 0.3) is 0 Å². The standard InChI is InChI=1S/C18H22N2O2S/c1-4-22-17-11-7-15(8-12-17)20-18(23)19-13(2)14-5-9-16(21-3)10-6-14/h5-13H,4H2,1-3H3,(H2,19,20,23)/t13-/m1/s1. The first kappa shape index (κ1) is 17.1. The molecule has 0 saturated carbocycles. The normalized spacial score (nSPS) is 11.4. The smallest absolute Gasteiger partial charge is 0.171 e. The molecule has 0 fully saturated rings. The number of thiocarbonyl (C=S) groups is 1. The van der Waals surface area contributed by atoms with Crippen molar-refractivity contribution in [2.45, 2.75) is 19.9 Å². The minimum Gasteiger partial charge on any atom is -0.497 e. The van der Waals surface area contributed by atoms with E-state index in [0.29, 0.717) is 11.7 Å². The van der Waals surface area contributed by atoms with E-state index in [0.717, 1.165) is 22.7 Å². The van der Waals surface area contributed by atoms with Crippen molar-refractivity contribution in [3.8, 4) is 11.5 Å². The lowest BCUT2D eigenvalue weighted by Crippen LogP contribution is -2.30. The molecule has 0 aromatic heterocycles. The van der Waals surface area contributed by atoms with Gasteiger partial charge in [0, 0.05) is 5.69 Å². The Labute approximate surface area is 142 Å². The number of ether oxygens (including phenoxy) is 2. The summed E-state index contributed by atoms with van der Waals surface area (Å²) in [7, 11) is 1.66. The monoisotopic (exact) mass is 330 g/mol. The van der Waals surface area contributed by atoms with E-state index in [4.69, 9.17) is 21.7 Å². The van der Waals surface area contributed by atoms with Crippen LogP contribution in [-0.4, -0.2) is 18.8 Å². The molecular formula is C18H22N2O2S. The molecule has 0 bridgehead atoms. The molecule has 0 radical (unpaired) electrons. The highest BCUT2D eigenvalue weighted by Crippen LogP contribution is 2.18. The van der Waals surface area contributed by atoms with Gasteiger partial charge in [0.05, 0.1) is 19.8 Å². The van der Waals surface area contributed by atoms with Gasteiger partial charge >= 0.3 is 0 Å². The lowest BCUT2D eigenvalue weighted by Gasteiger charge is -2.18. The Morgan fingerprint density at radius 1 is 1.04 bits per heavy atom. The average molecular weight is 330 g/mol. The minimum absolute atomic E-state index is 0.101. The van der Waals surface area contributed by atoms with Crippen LogP contribution in [0.25, 0.3) is 0 Å². The average Bonchev–Trinajstić information content (AvgIpc) is 2.57. The number of nitrogens with one attached hydrogen (secondary N) is 2. The van der Waals surface area contributed by atoms with E-state index in [9.17, 15) is 0 Å². The lowest BCUT2D eigenvalue weighted by molar-refractivity contribution is 0.340. The molecule has 23 heavy (non-hydrogen) atoms. The van der Waals surface area contributed by atoms with Crippen LogP contribution in [0.4, 0.5) is 5.69 Å². The maximum atomic E-state index is 5.42. The van der Waals surface area contributed by atoms with Crippen LogP contribution < -0.4 is 20.1 Å². The van der Waals surface area contributed by atoms with Crippen LogP contribution in [0, 0.1) is 0 Å². The summed E-state index contributed by atoms with van der Waals surface area (Å²) >= 11 is 5.37. The van der Waals surface area contributed by atoms with Gasteiger partial charge in [-0.2, -0.15) is 0 Å². The van der Waals surface area contributed by atoms with Gasteiger partial charge in [-0.3, -0.25) is 0 Å². The molecule has 4 nitrogen and oxygen atoms in total. The van der Waals surface area contributed by atoms with E-state index in [1.165, 1.54) is 0 Å². The Morgan fingerprint density at radius 2 is 1.65 bits per heavy atom. The Morgan fingerprint density at radius 3 is 2.22 bits per heavy atom. The molecule has 122 valence electrons. The number of methoxy groups -OCH3 is 1. The molecule has 0 heterocycles. The molecule has 0 aliphatic rings. The first-order valence-electron chi connectivity index (χ1n) is 7.56. The Kier molecular flexibility index (Phi) is 6.23. The van der Waals surface area contributed by atoms with Gasteiger partial charge in [0.15, 0.2) is 5.11 Å². The number of benzene rings is 2. The minimum atomic E-state index is 0.101. The summed E-state index contributed by atoms with van der Waals surface area (Å²) in [5.41, 5.74) is 2.06. The third-order valence-corrected chi connectivity index (χ3v) is 3.61. The number of hydrogen-bond donors (Lipinski definition) is 2. The second kappa shape index (κ2) is 8.39. The first-order chi connectivity index (χ1) is 11.1. The van der Waals surface area contributed by atoms with Crippen molar-refractivity contribution < 1.29 is 9.47 Å². The van der Waals surface area contributed by atoms with Crippen LogP contribution in [0.15, 0.2) is 48.5 Å². The van der Waals surface area contributed by atoms with Crippen molar-refractivity contribution >= 4 is 23.0 Å². The summed E-state index contributed by atoms with van der Waals surface area (Å²) in [6.45, 7) is 4.69. The fourth-order valence-electron chi connectivity index (χ4n) is 2.14. The van der Waals surface area contributed by atoms with Gasteiger partial charge in [-0.25, -0.2) is 0 Å². The summed E-state index contributed by atoms with van der Waals surface area (Å²) in [6.07, 6.45) is 0. The van der Waals surface area contributed by atoms with Crippen molar-refractivity contribution in [2.75, 3.05) is 19.0 Å². The lowest BCUT2D eigenvalue weighted by atomic mass is 10.1. The highest BCUT2D eigenvalue weighted by molar-refractivity contribution is 7.80. The molecule has 2 N–H and O–H groups in total. The second-order valence-electron chi connectivity index (χ2n) is 5.05. The highest BCUT2D eigenvalue weighted by atomic mass is 32.1. The van der Waals surface area contributed by atoms with Gasteiger partial charge in [0.2, 0.25) is 0 Å². The molecule has 2 aromatic rings. The van der Waals surface area contributed by atoms with E-state index in [2.05, 4.69) is 17.6 Å². The quantitative estimate of drug-likeness (QED) is 0.779. The molecule has 0 saturated heterocycles. The highest BCUT2D eigenvalue weighted by Gasteiger charge is 2.07. The third kappa shape index (κ3) is 5.14. The Bertz CT molecular complexity index is 626. The SMILES string of the molecule is CCOc1ccc(NC(=S)N[C@H](C)c2ccc(OC)cc2)cc1. The molecule has 5 heteroatoms. The number of hydrogen-bond acceptors (Lipinski definition) is 3. The molecule has 0 amide bonds. The van der Waals surface area contributed by atoms with Crippen LogP contribution in [0.5, 0.6) is 11.5 Å². The molecule has 0 unspecified atom stereocenters.